The van der Waals surface area contributed by atoms with E-state index < -0.39 is 6.23 Å². The van der Waals surface area contributed by atoms with Gasteiger partial charge in [0.1, 0.15) is 12.0 Å². The summed E-state index contributed by atoms with van der Waals surface area (Å²) < 4.78 is 5.50. The molecule has 102 valence electrons. The fraction of sp³-hybridized carbons (Fsp3) is 0.357. The Labute approximate surface area is 112 Å². The Morgan fingerprint density at radius 2 is 2.11 bits per heavy atom. The summed E-state index contributed by atoms with van der Waals surface area (Å²) in [6, 6.07) is 7.34. The zero-order chi connectivity index (χ0) is 13.7. The SMILES string of the molecule is CCCOc1ccc(CN2C=CC(O)NC2=O)cc1. The van der Waals surface area contributed by atoms with E-state index in [0.29, 0.717) is 13.2 Å². The highest BCUT2D eigenvalue weighted by molar-refractivity contribution is 5.76. The molecule has 1 aliphatic heterocycles. The van der Waals surface area contributed by atoms with Crippen molar-refractivity contribution in [3.8, 4) is 5.75 Å². The average molecular weight is 262 g/mol. The number of hydrogen-bond donors (Lipinski definition) is 2. The lowest BCUT2D eigenvalue weighted by Gasteiger charge is -2.25. The lowest BCUT2D eigenvalue weighted by Crippen LogP contribution is -2.45. The third-order valence-electron chi connectivity index (χ3n) is 2.73. The van der Waals surface area contributed by atoms with Gasteiger partial charge in [-0.2, -0.15) is 0 Å². The molecular weight excluding hydrogens is 244 g/mol. The third-order valence-corrected chi connectivity index (χ3v) is 2.73. The van der Waals surface area contributed by atoms with E-state index in [1.807, 2.05) is 24.3 Å². The molecule has 0 spiro atoms. The number of benzene rings is 1. The van der Waals surface area contributed by atoms with Gasteiger partial charge in [0.25, 0.3) is 0 Å². The Balaban J connectivity index is 1.96. The van der Waals surface area contributed by atoms with Gasteiger partial charge in [0.2, 0.25) is 0 Å². The monoisotopic (exact) mass is 262 g/mol. The van der Waals surface area contributed by atoms with Gasteiger partial charge < -0.3 is 15.2 Å². The fourth-order valence-electron chi connectivity index (χ4n) is 1.74. The summed E-state index contributed by atoms with van der Waals surface area (Å²) in [5.74, 6) is 0.833. The molecule has 5 heteroatoms. The molecule has 0 aliphatic carbocycles. The molecule has 1 atom stereocenters. The van der Waals surface area contributed by atoms with Gasteiger partial charge in [-0.25, -0.2) is 4.79 Å². The van der Waals surface area contributed by atoms with Crippen molar-refractivity contribution in [3.63, 3.8) is 0 Å². The van der Waals surface area contributed by atoms with Gasteiger partial charge in [-0.1, -0.05) is 19.1 Å². The molecule has 1 aromatic rings. The maximum atomic E-state index is 11.6. The molecule has 2 amide bonds. The summed E-state index contributed by atoms with van der Waals surface area (Å²) in [7, 11) is 0. The molecule has 0 fully saturated rings. The van der Waals surface area contributed by atoms with Crippen molar-refractivity contribution < 1.29 is 14.6 Å². The van der Waals surface area contributed by atoms with Gasteiger partial charge in [0.15, 0.2) is 0 Å². The van der Waals surface area contributed by atoms with Crippen LogP contribution in [-0.4, -0.2) is 28.9 Å². The number of ether oxygens (including phenoxy) is 1. The maximum Gasteiger partial charge on any atom is 0.323 e. The number of nitrogens with one attached hydrogen (secondary N) is 1. The number of amides is 2. The number of aliphatic hydroxyl groups excluding tert-OH is 1. The second-order valence-electron chi connectivity index (χ2n) is 4.36. The number of carbonyl (C=O) groups excluding carboxylic acids is 1. The normalized spacial score (nSPS) is 18.3. The third kappa shape index (κ3) is 3.72. The highest BCUT2D eigenvalue weighted by Crippen LogP contribution is 2.15. The van der Waals surface area contributed by atoms with Crippen molar-refractivity contribution in [1.82, 2.24) is 10.2 Å². The summed E-state index contributed by atoms with van der Waals surface area (Å²) in [4.78, 5) is 13.1. The molecule has 1 aromatic carbocycles. The first-order valence-corrected chi connectivity index (χ1v) is 6.34. The van der Waals surface area contributed by atoms with Crippen LogP contribution in [-0.2, 0) is 6.54 Å². The number of urea groups is 1. The predicted molar refractivity (Wildman–Crippen MR) is 71.4 cm³/mol. The topological polar surface area (TPSA) is 61.8 Å². The highest BCUT2D eigenvalue weighted by Gasteiger charge is 2.18. The molecule has 0 bridgehead atoms. The Bertz CT molecular complexity index is 456. The van der Waals surface area contributed by atoms with Crippen molar-refractivity contribution in [3.05, 3.63) is 42.1 Å². The minimum absolute atomic E-state index is 0.304. The second kappa shape index (κ2) is 6.24. The molecule has 0 saturated carbocycles. The van der Waals surface area contributed by atoms with Crippen LogP contribution in [0.3, 0.4) is 0 Å². The lowest BCUT2D eigenvalue weighted by molar-refractivity contribution is 0.151. The van der Waals surface area contributed by atoms with Crippen molar-refractivity contribution >= 4 is 6.03 Å². The van der Waals surface area contributed by atoms with E-state index in [1.165, 1.54) is 11.0 Å². The second-order valence-corrected chi connectivity index (χ2v) is 4.36. The smallest absolute Gasteiger partial charge is 0.323 e. The Kier molecular flexibility index (Phi) is 4.41. The fourth-order valence-corrected chi connectivity index (χ4v) is 1.74. The van der Waals surface area contributed by atoms with Crippen LogP contribution in [0.4, 0.5) is 4.79 Å². The van der Waals surface area contributed by atoms with Gasteiger partial charge in [0, 0.05) is 6.20 Å². The van der Waals surface area contributed by atoms with Crippen LogP contribution in [0.5, 0.6) is 5.75 Å². The Morgan fingerprint density at radius 3 is 2.74 bits per heavy atom. The molecule has 2 rings (SSSR count). The zero-order valence-electron chi connectivity index (χ0n) is 10.9. The van der Waals surface area contributed by atoms with Gasteiger partial charge in [-0.15, -0.1) is 0 Å². The van der Waals surface area contributed by atoms with E-state index in [4.69, 9.17) is 4.74 Å². The zero-order valence-corrected chi connectivity index (χ0v) is 10.9. The summed E-state index contributed by atoms with van der Waals surface area (Å²) >= 11 is 0. The van der Waals surface area contributed by atoms with Gasteiger partial charge in [-0.05, 0) is 30.2 Å². The Morgan fingerprint density at radius 1 is 1.37 bits per heavy atom. The highest BCUT2D eigenvalue weighted by atomic mass is 16.5. The van der Waals surface area contributed by atoms with Gasteiger partial charge in [0.05, 0.1) is 13.2 Å². The summed E-state index contributed by atoms with van der Waals surface area (Å²) in [5.41, 5.74) is 1.00. The van der Waals surface area contributed by atoms with Crippen LogP contribution < -0.4 is 10.1 Å². The van der Waals surface area contributed by atoms with Crippen LogP contribution in [0, 0.1) is 0 Å². The molecule has 0 saturated heterocycles. The first-order chi connectivity index (χ1) is 9.19. The van der Waals surface area contributed by atoms with E-state index in [9.17, 15) is 9.90 Å². The van der Waals surface area contributed by atoms with Crippen LogP contribution in [0.15, 0.2) is 36.5 Å². The molecule has 0 radical (unpaired) electrons. The van der Waals surface area contributed by atoms with Crippen LogP contribution in [0.25, 0.3) is 0 Å². The largest absolute Gasteiger partial charge is 0.494 e. The van der Waals surface area contributed by atoms with Crippen LogP contribution >= 0.6 is 0 Å². The van der Waals surface area contributed by atoms with Crippen molar-refractivity contribution in [2.75, 3.05) is 6.61 Å². The van der Waals surface area contributed by atoms with Crippen molar-refractivity contribution in [2.45, 2.75) is 26.1 Å². The molecular formula is C14H18N2O3. The predicted octanol–water partition coefficient (Wildman–Crippen LogP) is 1.83. The first-order valence-electron chi connectivity index (χ1n) is 6.34. The van der Waals surface area contributed by atoms with E-state index in [0.717, 1.165) is 17.7 Å². The molecule has 2 N–H and O–H groups in total. The first kappa shape index (κ1) is 13.4. The summed E-state index contributed by atoms with van der Waals surface area (Å²) in [6.45, 7) is 3.22. The van der Waals surface area contributed by atoms with E-state index >= 15 is 0 Å². The van der Waals surface area contributed by atoms with E-state index in [2.05, 4.69) is 12.2 Å². The van der Waals surface area contributed by atoms with Crippen LogP contribution in [0.1, 0.15) is 18.9 Å². The lowest BCUT2D eigenvalue weighted by atomic mass is 10.2. The standard InChI is InChI=1S/C14H18N2O3/c1-2-9-19-12-5-3-11(4-6-12)10-16-8-7-13(17)15-14(16)18/h3-8,13,17H,2,9-10H2,1H3,(H,15,18). The Hall–Kier alpha value is -2.01. The molecule has 0 aromatic heterocycles. The quantitative estimate of drug-likeness (QED) is 0.851. The number of hydrogen-bond acceptors (Lipinski definition) is 3. The maximum absolute atomic E-state index is 11.6. The molecule has 19 heavy (non-hydrogen) atoms. The number of nitrogens with zero attached hydrogens (tertiary/aromatic N) is 1. The number of rotatable bonds is 5. The van der Waals surface area contributed by atoms with Gasteiger partial charge in [-0.3, -0.25) is 4.90 Å². The summed E-state index contributed by atoms with van der Waals surface area (Å²) in [6.07, 6.45) is 3.20. The molecule has 5 nitrogen and oxygen atoms in total. The van der Waals surface area contributed by atoms with E-state index in [1.54, 1.807) is 6.20 Å². The van der Waals surface area contributed by atoms with Crippen molar-refractivity contribution in [1.29, 1.82) is 0 Å². The summed E-state index contributed by atoms with van der Waals surface area (Å²) in [5, 5.41) is 11.6. The molecule has 1 aliphatic rings. The molecule has 1 heterocycles. The number of carbonyl (C=O) groups is 1. The van der Waals surface area contributed by atoms with Gasteiger partial charge >= 0.3 is 6.03 Å². The average Bonchev–Trinajstić information content (AvgIpc) is 2.41. The van der Waals surface area contributed by atoms with Crippen molar-refractivity contribution in [2.24, 2.45) is 0 Å². The van der Waals surface area contributed by atoms with Crippen LogP contribution in [0.2, 0.25) is 0 Å². The minimum atomic E-state index is -0.895. The molecule has 1 unspecified atom stereocenters. The van der Waals surface area contributed by atoms with E-state index in [-0.39, 0.29) is 6.03 Å². The number of aliphatic hydroxyl groups is 1. The minimum Gasteiger partial charge on any atom is -0.494 e.